The van der Waals surface area contributed by atoms with E-state index in [-0.39, 0.29) is 24.2 Å². The Balaban J connectivity index is 1.53. The third-order valence-electron chi connectivity index (χ3n) is 7.58. The molecule has 218 valence electrons. The lowest BCUT2D eigenvalue weighted by Gasteiger charge is -2.32. The summed E-state index contributed by atoms with van der Waals surface area (Å²) in [5.41, 5.74) is 0.435. The number of ether oxygens (including phenoxy) is 1. The summed E-state index contributed by atoms with van der Waals surface area (Å²) in [7, 11) is 3.06. The fourth-order valence-electron chi connectivity index (χ4n) is 5.27. The summed E-state index contributed by atoms with van der Waals surface area (Å²) in [6.45, 7) is 1.50. The monoisotopic (exact) mass is 565 g/mol. The number of nitrogens with one attached hydrogen (secondary N) is 3. The number of methoxy groups -OCH3 is 1. The van der Waals surface area contributed by atoms with Crippen LogP contribution in [0.1, 0.15) is 54.8 Å². The van der Waals surface area contributed by atoms with Crippen LogP contribution in [0.5, 0.6) is 0 Å². The molecule has 2 fully saturated rings. The van der Waals surface area contributed by atoms with Gasteiger partial charge in [0, 0.05) is 32.7 Å². The molecular weight excluding hydrogens is 531 g/mol. The van der Waals surface area contributed by atoms with Gasteiger partial charge in [-0.1, -0.05) is 19.8 Å². The lowest BCUT2D eigenvalue weighted by Crippen LogP contribution is -2.50. The lowest BCUT2D eigenvalue weighted by molar-refractivity contribution is -0.150. The maximum atomic E-state index is 13.5. The minimum Gasteiger partial charge on any atom is -0.382 e. The van der Waals surface area contributed by atoms with Crippen molar-refractivity contribution in [2.45, 2.75) is 56.9 Å². The fourth-order valence-corrected chi connectivity index (χ4v) is 5.27. The Morgan fingerprint density at radius 2 is 1.93 bits per heavy atom. The van der Waals surface area contributed by atoms with Crippen LogP contribution in [0.4, 0.5) is 23.8 Å². The minimum atomic E-state index is -4.59. The molecule has 4 amide bonds. The number of alkyl halides is 3. The van der Waals surface area contributed by atoms with Gasteiger partial charge in [0.15, 0.2) is 5.82 Å². The first-order valence-corrected chi connectivity index (χ1v) is 13.2. The topological polar surface area (TPSA) is 130 Å². The molecule has 1 aliphatic heterocycles. The van der Waals surface area contributed by atoms with Gasteiger partial charge in [0.05, 0.1) is 19.2 Å². The number of halogens is 3. The van der Waals surface area contributed by atoms with Crippen LogP contribution in [-0.4, -0.2) is 75.8 Å². The molecular formula is C26H34F3N7O4. The van der Waals surface area contributed by atoms with Crippen molar-refractivity contribution in [3.05, 3.63) is 42.1 Å². The molecule has 2 aliphatic rings. The smallest absolute Gasteiger partial charge is 0.382 e. The predicted octanol–water partition coefficient (Wildman–Crippen LogP) is 3.02. The maximum absolute atomic E-state index is 13.5. The van der Waals surface area contributed by atoms with Gasteiger partial charge in [-0.3, -0.25) is 9.59 Å². The largest absolute Gasteiger partial charge is 0.410 e. The zero-order valence-electron chi connectivity index (χ0n) is 22.6. The Bertz CT molecular complexity index is 1210. The molecule has 1 aliphatic carbocycles. The second-order valence-electron chi connectivity index (χ2n) is 10.5. The van der Waals surface area contributed by atoms with E-state index in [9.17, 15) is 27.6 Å². The van der Waals surface area contributed by atoms with Crippen molar-refractivity contribution in [1.82, 2.24) is 30.1 Å². The number of nitrogens with zero attached hydrogens (tertiary/aromatic N) is 4. The molecule has 0 spiro atoms. The van der Waals surface area contributed by atoms with Crippen molar-refractivity contribution in [3.8, 4) is 0 Å². The SMILES string of the molecule is COCC(c1ccnc(NC(=O)C(NC(=O)c2nccn2C)C2CCC(C)CC2)c1)N1C[C@@H](C(F)(F)F)NC1=O. The lowest BCUT2D eigenvalue weighted by atomic mass is 9.79. The highest BCUT2D eigenvalue weighted by atomic mass is 19.4. The van der Waals surface area contributed by atoms with Gasteiger partial charge in [0.1, 0.15) is 17.9 Å². The van der Waals surface area contributed by atoms with Gasteiger partial charge >= 0.3 is 12.2 Å². The molecule has 1 saturated heterocycles. The molecule has 0 bridgehead atoms. The maximum Gasteiger partial charge on any atom is 0.410 e. The molecule has 2 unspecified atom stereocenters. The third kappa shape index (κ3) is 6.72. The van der Waals surface area contributed by atoms with Gasteiger partial charge in [-0.05, 0) is 42.4 Å². The van der Waals surface area contributed by atoms with E-state index in [0.717, 1.165) is 30.6 Å². The Morgan fingerprint density at radius 1 is 1.20 bits per heavy atom. The van der Waals surface area contributed by atoms with Gasteiger partial charge in [-0.2, -0.15) is 13.2 Å². The van der Waals surface area contributed by atoms with Crippen LogP contribution < -0.4 is 16.0 Å². The van der Waals surface area contributed by atoms with Gasteiger partial charge in [-0.15, -0.1) is 0 Å². The number of aromatic nitrogens is 3. The van der Waals surface area contributed by atoms with Crippen LogP contribution in [0.15, 0.2) is 30.7 Å². The van der Waals surface area contributed by atoms with E-state index in [1.165, 1.54) is 25.6 Å². The highest BCUT2D eigenvalue weighted by molar-refractivity contribution is 5.99. The van der Waals surface area contributed by atoms with Crippen LogP contribution in [0.2, 0.25) is 0 Å². The Hall–Kier alpha value is -3.68. The van der Waals surface area contributed by atoms with Gasteiger partial charge in [0.2, 0.25) is 5.91 Å². The molecule has 3 N–H and O–H groups in total. The van der Waals surface area contributed by atoms with E-state index in [4.69, 9.17) is 4.74 Å². The highest BCUT2D eigenvalue weighted by Gasteiger charge is 2.48. The van der Waals surface area contributed by atoms with Crippen molar-refractivity contribution in [3.63, 3.8) is 0 Å². The van der Waals surface area contributed by atoms with Crippen molar-refractivity contribution < 1.29 is 32.3 Å². The van der Waals surface area contributed by atoms with Crippen LogP contribution >= 0.6 is 0 Å². The van der Waals surface area contributed by atoms with Gasteiger partial charge in [0.25, 0.3) is 5.91 Å². The number of urea groups is 1. The highest BCUT2D eigenvalue weighted by Crippen LogP contribution is 2.32. The van der Waals surface area contributed by atoms with E-state index in [1.54, 1.807) is 23.9 Å². The molecule has 1 saturated carbocycles. The molecule has 40 heavy (non-hydrogen) atoms. The quantitative estimate of drug-likeness (QED) is 0.429. The van der Waals surface area contributed by atoms with E-state index >= 15 is 0 Å². The van der Waals surface area contributed by atoms with E-state index in [1.807, 2.05) is 5.32 Å². The molecule has 0 aromatic carbocycles. The number of hydrogen-bond donors (Lipinski definition) is 3. The van der Waals surface area contributed by atoms with E-state index < -0.39 is 48.7 Å². The average Bonchev–Trinajstić information content (AvgIpc) is 3.52. The molecule has 0 radical (unpaired) electrons. The molecule has 3 heterocycles. The molecule has 2 aromatic rings. The second kappa shape index (κ2) is 12.2. The third-order valence-corrected chi connectivity index (χ3v) is 7.58. The summed E-state index contributed by atoms with van der Waals surface area (Å²) in [5.74, 6) is -0.210. The van der Waals surface area contributed by atoms with Crippen molar-refractivity contribution in [1.29, 1.82) is 0 Å². The number of carbonyl (C=O) groups is 3. The summed E-state index contributed by atoms with van der Waals surface area (Å²) in [5, 5.41) is 7.56. The predicted molar refractivity (Wildman–Crippen MR) is 138 cm³/mol. The van der Waals surface area contributed by atoms with Crippen LogP contribution in [-0.2, 0) is 16.6 Å². The Labute approximate surface area is 229 Å². The fraction of sp³-hybridized carbons (Fsp3) is 0.577. The van der Waals surface area contributed by atoms with Crippen molar-refractivity contribution in [2.75, 3.05) is 25.6 Å². The Morgan fingerprint density at radius 3 is 2.52 bits per heavy atom. The zero-order valence-corrected chi connectivity index (χ0v) is 22.6. The van der Waals surface area contributed by atoms with E-state index in [0.29, 0.717) is 11.5 Å². The second-order valence-corrected chi connectivity index (χ2v) is 10.5. The first-order valence-electron chi connectivity index (χ1n) is 13.2. The number of pyridine rings is 1. The van der Waals surface area contributed by atoms with Crippen LogP contribution in [0, 0.1) is 11.8 Å². The zero-order chi connectivity index (χ0) is 29.0. The normalized spacial score (nSPS) is 22.9. The average molecular weight is 566 g/mol. The van der Waals surface area contributed by atoms with Gasteiger partial charge in [-0.25, -0.2) is 14.8 Å². The number of hydrogen-bond acceptors (Lipinski definition) is 6. The number of imidazole rings is 1. The summed E-state index contributed by atoms with van der Waals surface area (Å²) in [4.78, 5) is 48.3. The van der Waals surface area contributed by atoms with Crippen LogP contribution in [0.25, 0.3) is 0 Å². The molecule has 3 atom stereocenters. The Kier molecular flexibility index (Phi) is 8.96. The standard InChI is InChI=1S/C26H34F3N7O4/c1-15-4-6-16(7-5-15)21(34-24(38)22-31-10-11-35(22)2)23(37)33-20-12-17(8-9-30-20)18(14-40-3)36-13-19(26(27,28)29)32-25(36)39/h8-12,15-16,18-19,21H,4-7,13-14H2,1-3H3,(H,32,39)(H,34,38)(H,30,33,37)/t15?,16?,18?,19-,21?/m0/s1. The summed E-state index contributed by atoms with van der Waals surface area (Å²) < 4.78 is 46.5. The molecule has 2 aromatic heterocycles. The van der Waals surface area contributed by atoms with Gasteiger partial charge < -0.3 is 30.2 Å². The minimum absolute atomic E-state index is 0.0714. The number of aryl methyl sites for hydroxylation is 1. The molecule has 4 rings (SSSR count). The number of rotatable bonds is 9. The first kappa shape index (κ1) is 29.3. The number of carbonyl (C=O) groups excluding carboxylic acids is 3. The first-order chi connectivity index (χ1) is 19.0. The van der Waals surface area contributed by atoms with E-state index in [2.05, 4.69) is 27.5 Å². The summed E-state index contributed by atoms with van der Waals surface area (Å²) in [6.07, 6.45) is 3.30. The van der Waals surface area contributed by atoms with Crippen LogP contribution in [0.3, 0.4) is 0 Å². The molecule has 14 heteroatoms. The number of amides is 4. The summed E-state index contributed by atoms with van der Waals surface area (Å²) >= 11 is 0. The molecule has 11 nitrogen and oxygen atoms in total. The summed E-state index contributed by atoms with van der Waals surface area (Å²) in [6, 6.07) is -1.52. The number of anilines is 1. The van der Waals surface area contributed by atoms with Crippen molar-refractivity contribution >= 4 is 23.7 Å². The van der Waals surface area contributed by atoms with Crippen molar-refractivity contribution in [2.24, 2.45) is 18.9 Å².